The van der Waals surface area contributed by atoms with Gasteiger partial charge in [-0.05, 0) is 71.4 Å². The molecule has 0 radical (unpaired) electrons. The molecule has 0 bridgehead atoms. The third kappa shape index (κ3) is 4.08. The van der Waals surface area contributed by atoms with Gasteiger partial charge in [0.25, 0.3) is 5.82 Å². The molecule has 3 aromatic heterocycles. The molecule has 7 aromatic carbocycles. The van der Waals surface area contributed by atoms with Crippen molar-refractivity contribution >= 4 is 54.5 Å². The molecule has 0 spiro atoms. The molecule has 0 atom stereocenters. The van der Waals surface area contributed by atoms with Gasteiger partial charge in [0.1, 0.15) is 5.69 Å². The zero-order valence-corrected chi connectivity index (χ0v) is 25.9. The lowest BCUT2D eigenvalue weighted by molar-refractivity contribution is -0.554. The average molecular weight is 615 g/mol. The second-order valence-electron chi connectivity index (χ2n) is 12.2. The van der Waals surface area contributed by atoms with E-state index >= 15 is 0 Å². The Hall–Kier alpha value is -6.59. The number of hydrogen-bond acceptors (Lipinski definition) is 2. The number of H-pyrrole nitrogens is 1. The molecule has 0 aliphatic heterocycles. The molecule has 0 aliphatic rings. The molecule has 0 aliphatic carbocycles. The van der Waals surface area contributed by atoms with Crippen molar-refractivity contribution in [3.63, 3.8) is 0 Å². The first kappa shape index (κ1) is 26.6. The minimum Gasteiger partial charge on any atom is -0.278 e. The van der Waals surface area contributed by atoms with E-state index < -0.39 is 0 Å². The van der Waals surface area contributed by atoms with Crippen LogP contribution >= 0.6 is 0 Å². The molecule has 48 heavy (non-hydrogen) atoms. The van der Waals surface area contributed by atoms with Crippen molar-refractivity contribution in [1.82, 2.24) is 19.5 Å². The summed E-state index contributed by atoms with van der Waals surface area (Å²) < 4.78 is 4.55. The number of rotatable bonds is 4. The summed E-state index contributed by atoms with van der Waals surface area (Å²) in [6, 6.07) is 57.5. The average Bonchev–Trinajstić information content (AvgIpc) is 3.68. The molecule has 0 unspecified atom stereocenters. The van der Waals surface area contributed by atoms with Crippen molar-refractivity contribution in [2.45, 2.75) is 0 Å². The van der Waals surface area contributed by atoms with Crippen LogP contribution in [0.1, 0.15) is 0 Å². The molecule has 0 saturated carbocycles. The predicted molar refractivity (Wildman–Crippen MR) is 196 cm³/mol. The number of aromatic amines is 1. The lowest BCUT2D eigenvalue weighted by Crippen LogP contribution is -2.31. The van der Waals surface area contributed by atoms with E-state index in [1.54, 1.807) is 0 Å². The summed E-state index contributed by atoms with van der Waals surface area (Å²) in [4.78, 5) is 14.2. The monoisotopic (exact) mass is 614 g/mol. The fraction of sp³-hybridized carbons (Fsp3) is 0. The lowest BCUT2D eigenvalue weighted by Gasteiger charge is -2.12. The largest absolute Gasteiger partial charge is 0.292 e. The summed E-state index contributed by atoms with van der Waals surface area (Å²) in [5.74, 6) is 1.70. The zero-order valence-electron chi connectivity index (χ0n) is 25.9. The van der Waals surface area contributed by atoms with Crippen LogP contribution in [0, 0.1) is 0 Å². The Morgan fingerprint density at radius 2 is 1.15 bits per heavy atom. The van der Waals surface area contributed by atoms with Gasteiger partial charge in [0.15, 0.2) is 11.0 Å². The van der Waals surface area contributed by atoms with E-state index in [1.165, 1.54) is 16.2 Å². The van der Waals surface area contributed by atoms with Crippen LogP contribution in [0.5, 0.6) is 0 Å². The highest BCUT2D eigenvalue weighted by molar-refractivity contribution is 6.14. The Balaban J connectivity index is 1.28. The maximum atomic E-state index is 5.28. The van der Waals surface area contributed by atoms with E-state index in [-0.39, 0.29) is 0 Å². The van der Waals surface area contributed by atoms with Gasteiger partial charge in [-0.25, -0.2) is 15.0 Å². The van der Waals surface area contributed by atoms with E-state index in [0.717, 1.165) is 66.7 Å². The van der Waals surface area contributed by atoms with Gasteiger partial charge in [-0.3, -0.25) is 4.57 Å². The second kappa shape index (κ2) is 10.5. The molecular weight excluding hydrogens is 587 g/mol. The molecular formula is C43H28N5+. The number of aromatic nitrogens is 5. The van der Waals surface area contributed by atoms with E-state index in [0.29, 0.717) is 5.95 Å². The third-order valence-corrected chi connectivity index (χ3v) is 9.36. The Labute approximate surface area is 276 Å². The van der Waals surface area contributed by atoms with Gasteiger partial charge >= 0.3 is 0 Å². The summed E-state index contributed by atoms with van der Waals surface area (Å²) in [5.41, 5.74) is 9.49. The summed E-state index contributed by atoms with van der Waals surface area (Å²) in [6.07, 6.45) is 0. The van der Waals surface area contributed by atoms with Crippen LogP contribution in [0.3, 0.4) is 0 Å². The topological polar surface area (TPSA) is 50.4 Å². The number of fused-ring (bicyclic) bond motifs is 6. The van der Waals surface area contributed by atoms with Crippen LogP contribution in [-0.4, -0.2) is 19.5 Å². The summed E-state index contributed by atoms with van der Waals surface area (Å²) >= 11 is 0. The fourth-order valence-corrected chi connectivity index (χ4v) is 7.18. The van der Waals surface area contributed by atoms with E-state index in [2.05, 4.69) is 166 Å². The molecule has 3 heterocycles. The van der Waals surface area contributed by atoms with E-state index in [4.69, 9.17) is 9.97 Å². The molecule has 10 rings (SSSR count). The molecule has 0 saturated heterocycles. The van der Waals surface area contributed by atoms with Gasteiger partial charge in [0.05, 0.1) is 27.8 Å². The number of para-hydroxylation sites is 3. The normalized spacial score (nSPS) is 11.8. The highest BCUT2D eigenvalue weighted by Gasteiger charge is 2.24. The Kier molecular flexibility index (Phi) is 5.81. The number of benzene rings is 7. The number of nitrogens with zero attached hydrogens (tertiary/aromatic N) is 4. The Morgan fingerprint density at radius 3 is 1.94 bits per heavy atom. The Bertz CT molecular complexity index is 2820. The molecule has 1 N–H and O–H groups in total. The molecule has 10 aromatic rings. The van der Waals surface area contributed by atoms with Crippen LogP contribution < -0.4 is 4.57 Å². The minimum absolute atomic E-state index is 0.659. The molecule has 0 fully saturated rings. The highest BCUT2D eigenvalue weighted by Crippen LogP contribution is 2.37. The van der Waals surface area contributed by atoms with Crippen molar-refractivity contribution in [2.24, 2.45) is 0 Å². The van der Waals surface area contributed by atoms with Crippen LogP contribution in [0.2, 0.25) is 0 Å². The molecule has 0 amide bonds. The fourth-order valence-electron chi connectivity index (χ4n) is 7.18. The Morgan fingerprint density at radius 1 is 0.500 bits per heavy atom. The smallest absolute Gasteiger partial charge is 0.278 e. The standard InChI is InChI=1S/C43H27N5/c1-4-14-28(15-5-1)41-34-21-10-12-22-36(34)45-43(46-41)48-38-23-13-11-20-33(38)35-24-30-25-37-40(27-31(30)26-39(35)48)47(32-18-8-3-9-19-32)42(44-37)29-16-6-2-7-17-29/h1-27H/p+1. The van der Waals surface area contributed by atoms with Crippen LogP contribution in [0.25, 0.3) is 88.8 Å². The first-order valence-corrected chi connectivity index (χ1v) is 16.2. The van der Waals surface area contributed by atoms with E-state index in [9.17, 15) is 0 Å². The summed E-state index contributed by atoms with van der Waals surface area (Å²) in [7, 11) is 0. The van der Waals surface area contributed by atoms with Gasteiger partial charge in [0, 0.05) is 21.7 Å². The highest BCUT2D eigenvalue weighted by atomic mass is 15.2. The van der Waals surface area contributed by atoms with Gasteiger partial charge < -0.3 is 0 Å². The van der Waals surface area contributed by atoms with Gasteiger partial charge in [-0.1, -0.05) is 103 Å². The van der Waals surface area contributed by atoms with Gasteiger partial charge in [-0.2, -0.15) is 4.57 Å². The molecule has 224 valence electrons. The van der Waals surface area contributed by atoms with Gasteiger partial charge in [-0.15, -0.1) is 0 Å². The van der Waals surface area contributed by atoms with Crippen molar-refractivity contribution < 1.29 is 4.57 Å². The van der Waals surface area contributed by atoms with Crippen molar-refractivity contribution in [2.75, 3.05) is 0 Å². The number of imidazole rings is 1. The first-order valence-electron chi connectivity index (χ1n) is 16.2. The maximum absolute atomic E-state index is 5.28. The minimum atomic E-state index is 0.659. The van der Waals surface area contributed by atoms with Crippen molar-refractivity contribution in [3.8, 4) is 34.3 Å². The van der Waals surface area contributed by atoms with Crippen molar-refractivity contribution in [3.05, 3.63) is 164 Å². The SMILES string of the molecule is c1ccc(-c2nc(-n3c4ccccc4c4cc5cc6[nH]c(-c7ccccc7)[n+](-c7ccccc7)c6cc5cc43)nc3ccccc23)cc1. The zero-order chi connectivity index (χ0) is 31.6. The predicted octanol–water partition coefficient (Wildman–Crippen LogP) is 9.97. The maximum Gasteiger partial charge on any atom is 0.292 e. The number of hydrogen-bond donors (Lipinski definition) is 1. The first-order chi connectivity index (χ1) is 23.8. The molecule has 5 heteroatoms. The second-order valence-corrected chi connectivity index (χ2v) is 12.2. The van der Waals surface area contributed by atoms with Crippen LogP contribution in [-0.2, 0) is 0 Å². The van der Waals surface area contributed by atoms with E-state index in [1.807, 2.05) is 12.1 Å². The van der Waals surface area contributed by atoms with Gasteiger partial charge in [0.2, 0.25) is 5.95 Å². The summed E-state index contributed by atoms with van der Waals surface area (Å²) in [5, 5.41) is 5.69. The van der Waals surface area contributed by atoms with Crippen LogP contribution in [0.15, 0.2) is 164 Å². The van der Waals surface area contributed by atoms with Crippen molar-refractivity contribution in [1.29, 1.82) is 0 Å². The van der Waals surface area contributed by atoms with Crippen LogP contribution in [0.4, 0.5) is 0 Å². The molecule has 5 nitrogen and oxygen atoms in total. The quantitative estimate of drug-likeness (QED) is 0.201. The third-order valence-electron chi connectivity index (χ3n) is 9.36. The summed E-state index contributed by atoms with van der Waals surface area (Å²) in [6.45, 7) is 0. The number of nitrogens with one attached hydrogen (secondary N) is 1. The lowest BCUT2D eigenvalue weighted by atomic mass is 10.1.